The Balaban J connectivity index is 1.61. The van der Waals surface area contributed by atoms with E-state index >= 15 is 0 Å². The lowest BCUT2D eigenvalue weighted by Gasteiger charge is -2.47. The van der Waals surface area contributed by atoms with Crippen LogP contribution in [0.25, 0.3) is 0 Å². The molecule has 2 aliphatic rings. The van der Waals surface area contributed by atoms with Crippen LogP contribution in [0.1, 0.15) is 38.2 Å². The number of hydrogen-bond donors (Lipinski definition) is 1. The van der Waals surface area contributed by atoms with E-state index in [1.54, 1.807) is 0 Å². The van der Waals surface area contributed by atoms with E-state index in [0.717, 1.165) is 0 Å². The van der Waals surface area contributed by atoms with Crippen molar-refractivity contribution in [1.82, 2.24) is 10.2 Å². The first-order chi connectivity index (χ1) is 9.77. The van der Waals surface area contributed by atoms with Gasteiger partial charge >= 0.3 is 0 Å². The van der Waals surface area contributed by atoms with Gasteiger partial charge in [0.1, 0.15) is 0 Å². The highest BCUT2D eigenvalue weighted by molar-refractivity contribution is 5.15. The first-order valence-corrected chi connectivity index (χ1v) is 8.26. The molecule has 0 aromatic heterocycles. The van der Waals surface area contributed by atoms with Crippen LogP contribution in [0.5, 0.6) is 0 Å². The second-order valence-electron chi connectivity index (χ2n) is 6.89. The maximum atomic E-state index is 3.63. The summed E-state index contributed by atoms with van der Waals surface area (Å²) in [6.45, 7) is 7.45. The molecule has 110 valence electrons. The van der Waals surface area contributed by atoms with E-state index in [2.05, 4.69) is 47.5 Å². The van der Waals surface area contributed by atoms with Crippen LogP contribution >= 0.6 is 0 Å². The largest absolute Gasteiger partial charge is 0.316 e. The summed E-state index contributed by atoms with van der Waals surface area (Å²) < 4.78 is 0. The van der Waals surface area contributed by atoms with E-state index in [0.29, 0.717) is 11.5 Å². The van der Waals surface area contributed by atoms with Crippen LogP contribution < -0.4 is 5.32 Å². The van der Waals surface area contributed by atoms with E-state index in [9.17, 15) is 0 Å². The summed E-state index contributed by atoms with van der Waals surface area (Å²) >= 11 is 0. The van der Waals surface area contributed by atoms with Gasteiger partial charge in [-0.1, -0.05) is 30.3 Å². The molecule has 2 aliphatic heterocycles. The van der Waals surface area contributed by atoms with Crippen molar-refractivity contribution < 1.29 is 0 Å². The van der Waals surface area contributed by atoms with Gasteiger partial charge in [0.25, 0.3) is 0 Å². The Morgan fingerprint density at radius 1 is 1.20 bits per heavy atom. The summed E-state index contributed by atoms with van der Waals surface area (Å²) in [4.78, 5) is 2.74. The Hall–Kier alpha value is -0.860. The second kappa shape index (κ2) is 6.28. The lowest BCUT2D eigenvalue weighted by Crippen LogP contribution is -2.53. The summed E-state index contributed by atoms with van der Waals surface area (Å²) in [5.74, 6) is 0. The van der Waals surface area contributed by atoms with Gasteiger partial charge in [-0.05, 0) is 63.1 Å². The average molecular weight is 272 g/mol. The van der Waals surface area contributed by atoms with Gasteiger partial charge in [-0.25, -0.2) is 0 Å². The van der Waals surface area contributed by atoms with E-state index in [-0.39, 0.29) is 0 Å². The van der Waals surface area contributed by atoms with Gasteiger partial charge in [0.15, 0.2) is 0 Å². The van der Waals surface area contributed by atoms with E-state index < -0.39 is 0 Å². The molecule has 0 aliphatic carbocycles. The Morgan fingerprint density at radius 3 is 2.75 bits per heavy atom. The summed E-state index contributed by atoms with van der Waals surface area (Å²) in [5, 5.41) is 3.63. The van der Waals surface area contributed by atoms with Gasteiger partial charge in [-0.15, -0.1) is 0 Å². The molecule has 2 atom stereocenters. The van der Waals surface area contributed by atoms with Crippen LogP contribution in [0.15, 0.2) is 30.3 Å². The van der Waals surface area contributed by atoms with Crippen molar-refractivity contribution in [3.05, 3.63) is 35.9 Å². The molecule has 1 N–H and O–H groups in total. The fraction of sp³-hybridized carbons (Fsp3) is 0.667. The van der Waals surface area contributed by atoms with Crippen molar-refractivity contribution in [2.75, 3.05) is 26.2 Å². The van der Waals surface area contributed by atoms with Crippen LogP contribution in [0.4, 0.5) is 0 Å². The smallest absolute Gasteiger partial charge is 0.0108 e. The van der Waals surface area contributed by atoms with Crippen molar-refractivity contribution >= 4 is 0 Å². The molecule has 2 nitrogen and oxygen atoms in total. The number of hydrogen-bond acceptors (Lipinski definition) is 2. The number of piperidine rings is 2. The van der Waals surface area contributed by atoms with Gasteiger partial charge < -0.3 is 5.32 Å². The van der Waals surface area contributed by atoms with Crippen LogP contribution in [0, 0.1) is 5.41 Å². The third-order valence-corrected chi connectivity index (χ3v) is 5.25. The van der Waals surface area contributed by atoms with Gasteiger partial charge in [0, 0.05) is 19.1 Å². The van der Waals surface area contributed by atoms with Crippen LogP contribution in [-0.2, 0) is 6.42 Å². The fourth-order valence-corrected chi connectivity index (χ4v) is 4.09. The Kier molecular flexibility index (Phi) is 4.42. The molecule has 2 heteroatoms. The molecule has 0 amide bonds. The Morgan fingerprint density at radius 2 is 2.00 bits per heavy atom. The maximum Gasteiger partial charge on any atom is 0.0108 e. The highest BCUT2D eigenvalue weighted by Gasteiger charge is 2.37. The molecule has 3 rings (SSSR count). The standard InChI is InChI=1S/C18H28N2/c1-16(13-17-7-3-2-4-8-17)20-12-6-10-18(15-20)9-5-11-19-14-18/h2-4,7-8,16,19H,5-6,9-15H2,1H3. The third-order valence-electron chi connectivity index (χ3n) is 5.25. The Labute approximate surface area is 123 Å². The third kappa shape index (κ3) is 3.24. The predicted molar refractivity (Wildman–Crippen MR) is 85.0 cm³/mol. The van der Waals surface area contributed by atoms with E-state index in [1.807, 2.05) is 0 Å². The molecule has 0 saturated carbocycles. The van der Waals surface area contributed by atoms with Crippen molar-refractivity contribution in [3.8, 4) is 0 Å². The summed E-state index contributed by atoms with van der Waals surface area (Å²) in [7, 11) is 0. The second-order valence-corrected chi connectivity index (χ2v) is 6.89. The van der Waals surface area contributed by atoms with Crippen molar-refractivity contribution in [2.45, 2.75) is 45.1 Å². The summed E-state index contributed by atoms with van der Waals surface area (Å²) in [6, 6.07) is 11.6. The highest BCUT2D eigenvalue weighted by Crippen LogP contribution is 2.36. The minimum Gasteiger partial charge on any atom is -0.316 e. The number of rotatable bonds is 3. The molecule has 2 unspecified atom stereocenters. The van der Waals surface area contributed by atoms with E-state index in [4.69, 9.17) is 0 Å². The van der Waals surface area contributed by atoms with Crippen LogP contribution in [-0.4, -0.2) is 37.1 Å². The van der Waals surface area contributed by atoms with Crippen molar-refractivity contribution in [2.24, 2.45) is 5.41 Å². The molecular formula is C18H28N2. The minimum absolute atomic E-state index is 0.571. The molecular weight excluding hydrogens is 244 g/mol. The van der Waals surface area contributed by atoms with Gasteiger partial charge in [-0.2, -0.15) is 0 Å². The van der Waals surface area contributed by atoms with Gasteiger partial charge in [-0.3, -0.25) is 4.90 Å². The predicted octanol–water partition coefficient (Wildman–Crippen LogP) is 3.08. The molecule has 1 spiro atoms. The molecule has 2 heterocycles. The lowest BCUT2D eigenvalue weighted by molar-refractivity contribution is 0.0420. The lowest BCUT2D eigenvalue weighted by atomic mass is 9.74. The first kappa shape index (κ1) is 14.1. The molecule has 2 fully saturated rings. The quantitative estimate of drug-likeness (QED) is 0.909. The average Bonchev–Trinajstić information content (AvgIpc) is 2.49. The summed E-state index contributed by atoms with van der Waals surface area (Å²) in [6.07, 6.45) is 6.77. The van der Waals surface area contributed by atoms with E-state index in [1.165, 1.54) is 63.8 Å². The topological polar surface area (TPSA) is 15.3 Å². The number of likely N-dealkylation sites (tertiary alicyclic amines) is 1. The number of nitrogens with one attached hydrogen (secondary N) is 1. The normalized spacial score (nSPS) is 29.4. The highest BCUT2D eigenvalue weighted by atomic mass is 15.2. The summed E-state index contributed by atoms with van der Waals surface area (Å²) in [5.41, 5.74) is 2.04. The number of benzene rings is 1. The van der Waals surface area contributed by atoms with Crippen LogP contribution in [0.2, 0.25) is 0 Å². The first-order valence-electron chi connectivity index (χ1n) is 8.26. The van der Waals surface area contributed by atoms with Gasteiger partial charge in [0.05, 0.1) is 0 Å². The number of nitrogens with zero attached hydrogens (tertiary/aromatic N) is 1. The monoisotopic (exact) mass is 272 g/mol. The SMILES string of the molecule is CC(Cc1ccccc1)N1CCCC2(CCCNC2)C1. The molecule has 20 heavy (non-hydrogen) atoms. The molecule has 1 aromatic rings. The zero-order valence-electron chi connectivity index (χ0n) is 12.8. The molecule has 2 saturated heterocycles. The van der Waals surface area contributed by atoms with Crippen molar-refractivity contribution in [3.63, 3.8) is 0 Å². The molecule has 0 bridgehead atoms. The van der Waals surface area contributed by atoms with Crippen LogP contribution in [0.3, 0.4) is 0 Å². The Bertz CT molecular complexity index is 403. The molecule has 1 aromatic carbocycles. The van der Waals surface area contributed by atoms with Crippen molar-refractivity contribution in [1.29, 1.82) is 0 Å². The zero-order valence-corrected chi connectivity index (χ0v) is 12.8. The van der Waals surface area contributed by atoms with Gasteiger partial charge in [0.2, 0.25) is 0 Å². The zero-order chi connectivity index (χ0) is 13.8. The minimum atomic E-state index is 0.571. The fourth-order valence-electron chi connectivity index (χ4n) is 4.09. The molecule has 0 radical (unpaired) electrons. The maximum absolute atomic E-state index is 3.63.